The molecule has 3 nitrogen and oxygen atoms in total. The first kappa shape index (κ1) is 10.7. The van der Waals surface area contributed by atoms with Crippen LogP contribution in [0, 0.1) is 17.3 Å². The lowest BCUT2D eigenvalue weighted by Gasteiger charge is -2.62. The van der Waals surface area contributed by atoms with Gasteiger partial charge in [0.15, 0.2) is 0 Å². The van der Waals surface area contributed by atoms with Crippen LogP contribution >= 0.6 is 0 Å². The fourth-order valence-electron chi connectivity index (χ4n) is 4.46. The average Bonchev–Trinajstić information content (AvgIpc) is 2.98. The maximum atomic E-state index is 5.97. The minimum absolute atomic E-state index is 0.00130. The van der Waals surface area contributed by atoms with Crippen LogP contribution in [0.1, 0.15) is 45.2 Å². The number of fused-ring (bicyclic) bond motifs is 1. The second-order valence-corrected chi connectivity index (χ2v) is 6.80. The van der Waals surface area contributed by atoms with Crippen LogP contribution < -0.4 is 0 Å². The zero-order valence-corrected chi connectivity index (χ0v) is 11.1. The number of aromatic nitrogens is 1. The van der Waals surface area contributed by atoms with Crippen molar-refractivity contribution in [1.82, 2.24) is 4.98 Å². The Morgan fingerprint density at radius 2 is 2.33 bits per heavy atom. The molecule has 96 valence electrons. The first-order valence-electron chi connectivity index (χ1n) is 7.01. The Kier molecular flexibility index (Phi) is 1.89. The zero-order valence-electron chi connectivity index (χ0n) is 11.1. The Balaban J connectivity index is 1.61. The lowest BCUT2D eigenvalue weighted by molar-refractivity contribution is -0.214. The zero-order chi connectivity index (χ0) is 12.4. The van der Waals surface area contributed by atoms with E-state index in [-0.39, 0.29) is 5.60 Å². The van der Waals surface area contributed by atoms with Gasteiger partial charge in [0.2, 0.25) is 0 Å². The highest BCUT2D eigenvalue weighted by Gasteiger charge is 2.64. The van der Waals surface area contributed by atoms with Crippen molar-refractivity contribution < 1.29 is 4.84 Å². The molecule has 3 heteroatoms. The van der Waals surface area contributed by atoms with E-state index in [0.29, 0.717) is 11.3 Å². The van der Waals surface area contributed by atoms with Gasteiger partial charge in [0.25, 0.3) is 0 Å². The van der Waals surface area contributed by atoms with E-state index < -0.39 is 0 Å². The van der Waals surface area contributed by atoms with Crippen LogP contribution in [-0.2, 0) is 4.84 Å². The van der Waals surface area contributed by atoms with Crippen LogP contribution in [0.3, 0.4) is 0 Å². The van der Waals surface area contributed by atoms with Gasteiger partial charge in [-0.25, -0.2) is 0 Å². The SMILES string of the molecule is CC1(C)[C@@H]2CCC3(CC(c4ccc[nH]4)=NO3)[C@H]1C2. The largest absolute Gasteiger partial charge is 0.388 e. The predicted molar refractivity (Wildman–Crippen MR) is 70.4 cm³/mol. The summed E-state index contributed by atoms with van der Waals surface area (Å²) in [5.41, 5.74) is 2.66. The van der Waals surface area contributed by atoms with E-state index in [0.717, 1.165) is 23.7 Å². The van der Waals surface area contributed by atoms with E-state index in [9.17, 15) is 0 Å². The van der Waals surface area contributed by atoms with Crippen molar-refractivity contribution in [3.63, 3.8) is 0 Å². The standard InChI is InChI=1S/C15H20N2O/c1-14(2)10-5-6-15(13(14)8-10)9-12(17-18-15)11-4-3-7-16-11/h3-4,7,10,13,16H,5-6,8-9H2,1-2H3/t10-,13+,15?/m1/s1. The van der Waals surface area contributed by atoms with Crippen LogP contribution in [-0.4, -0.2) is 16.3 Å². The van der Waals surface area contributed by atoms with Crippen molar-refractivity contribution in [3.05, 3.63) is 24.0 Å². The summed E-state index contributed by atoms with van der Waals surface area (Å²) in [6, 6.07) is 4.10. The molecule has 3 atom stereocenters. The minimum atomic E-state index is -0.00130. The molecule has 0 amide bonds. The maximum Gasteiger partial charge on any atom is 0.146 e. The molecule has 0 radical (unpaired) electrons. The second-order valence-electron chi connectivity index (χ2n) is 6.80. The summed E-state index contributed by atoms with van der Waals surface area (Å²) in [7, 11) is 0. The van der Waals surface area contributed by atoms with Gasteiger partial charge in [0.1, 0.15) is 11.3 Å². The van der Waals surface area contributed by atoms with Gasteiger partial charge in [-0.15, -0.1) is 0 Å². The topological polar surface area (TPSA) is 37.4 Å². The van der Waals surface area contributed by atoms with Crippen LogP contribution in [0.25, 0.3) is 0 Å². The van der Waals surface area contributed by atoms with Gasteiger partial charge in [0, 0.05) is 18.5 Å². The summed E-state index contributed by atoms with van der Waals surface area (Å²) < 4.78 is 0. The first-order valence-corrected chi connectivity index (χ1v) is 7.01. The summed E-state index contributed by atoms with van der Waals surface area (Å²) >= 11 is 0. The van der Waals surface area contributed by atoms with E-state index in [1.165, 1.54) is 19.3 Å². The molecule has 3 saturated carbocycles. The quantitative estimate of drug-likeness (QED) is 0.808. The average molecular weight is 244 g/mol. The first-order chi connectivity index (χ1) is 8.62. The summed E-state index contributed by atoms with van der Waals surface area (Å²) in [5, 5.41) is 4.38. The van der Waals surface area contributed by atoms with Crippen LogP contribution in [0.5, 0.6) is 0 Å². The predicted octanol–water partition coefficient (Wildman–Crippen LogP) is 3.33. The molecule has 4 aliphatic rings. The van der Waals surface area contributed by atoms with Gasteiger partial charge < -0.3 is 9.82 Å². The lowest BCUT2D eigenvalue weighted by Crippen LogP contribution is -2.61. The molecule has 5 rings (SSSR count). The van der Waals surface area contributed by atoms with E-state index in [4.69, 9.17) is 4.84 Å². The monoisotopic (exact) mass is 244 g/mol. The van der Waals surface area contributed by atoms with Crippen molar-refractivity contribution in [2.24, 2.45) is 22.4 Å². The van der Waals surface area contributed by atoms with Gasteiger partial charge in [-0.1, -0.05) is 19.0 Å². The molecule has 1 aromatic heterocycles. The van der Waals surface area contributed by atoms with Crippen LogP contribution in [0.15, 0.2) is 23.5 Å². The number of nitrogens with zero attached hydrogens (tertiary/aromatic N) is 1. The fraction of sp³-hybridized carbons (Fsp3) is 0.667. The smallest absolute Gasteiger partial charge is 0.146 e. The molecule has 1 aromatic rings. The molecule has 0 aromatic carbocycles. The molecule has 18 heavy (non-hydrogen) atoms. The lowest BCUT2D eigenvalue weighted by atomic mass is 9.43. The number of nitrogens with one attached hydrogen (secondary N) is 1. The number of hydrogen-bond acceptors (Lipinski definition) is 2. The highest BCUT2D eigenvalue weighted by Crippen LogP contribution is 2.65. The van der Waals surface area contributed by atoms with Crippen molar-refractivity contribution in [2.45, 2.75) is 45.1 Å². The molecule has 1 unspecified atom stereocenters. The minimum Gasteiger partial charge on any atom is -0.388 e. The van der Waals surface area contributed by atoms with Crippen LogP contribution in [0.4, 0.5) is 0 Å². The normalized spacial score (nSPS) is 40.2. The van der Waals surface area contributed by atoms with Crippen molar-refractivity contribution in [2.75, 3.05) is 0 Å². The molecular formula is C15H20N2O. The summed E-state index contributed by atoms with van der Waals surface area (Å²) in [6.07, 6.45) is 6.75. The van der Waals surface area contributed by atoms with Gasteiger partial charge in [-0.05, 0) is 42.7 Å². The molecule has 1 aliphatic heterocycles. The summed E-state index contributed by atoms with van der Waals surface area (Å²) in [4.78, 5) is 9.21. The van der Waals surface area contributed by atoms with E-state index in [1.54, 1.807) is 0 Å². The Labute approximate surface area is 108 Å². The van der Waals surface area contributed by atoms with E-state index >= 15 is 0 Å². The maximum absolute atomic E-state index is 5.97. The molecule has 3 fully saturated rings. The van der Waals surface area contributed by atoms with E-state index in [2.05, 4.69) is 30.1 Å². The Hall–Kier alpha value is -1.25. The molecule has 1 spiro atoms. The highest BCUT2D eigenvalue weighted by atomic mass is 16.7. The van der Waals surface area contributed by atoms with E-state index in [1.807, 2.05) is 12.3 Å². The van der Waals surface area contributed by atoms with Gasteiger partial charge in [0.05, 0.1) is 5.69 Å². The number of hydrogen-bond donors (Lipinski definition) is 1. The van der Waals surface area contributed by atoms with Gasteiger partial charge in [-0.3, -0.25) is 0 Å². The third-order valence-electron chi connectivity index (χ3n) is 5.73. The Bertz CT molecular complexity index is 501. The number of oxime groups is 1. The Morgan fingerprint density at radius 3 is 3.00 bits per heavy atom. The van der Waals surface area contributed by atoms with Crippen LogP contribution in [0.2, 0.25) is 0 Å². The molecule has 0 saturated heterocycles. The molecule has 3 aliphatic carbocycles. The third kappa shape index (κ3) is 1.17. The molecule has 1 N–H and O–H groups in total. The summed E-state index contributed by atoms with van der Waals surface area (Å²) in [6.45, 7) is 4.81. The number of aromatic amines is 1. The fourth-order valence-corrected chi connectivity index (χ4v) is 4.46. The number of H-pyrrole nitrogens is 1. The van der Waals surface area contributed by atoms with Crippen molar-refractivity contribution in [1.29, 1.82) is 0 Å². The molecular weight excluding hydrogens is 224 g/mol. The molecule has 2 heterocycles. The highest BCUT2D eigenvalue weighted by molar-refractivity contribution is 6.00. The Morgan fingerprint density at radius 1 is 1.44 bits per heavy atom. The van der Waals surface area contributed by atoms with Crippen molar-refractivity contribution in [3.8, 4) is 0 Å². The van der Waals surface area contributed by atoms with Gasteiger partial charge >= 0.3 is 0 Å². The molecule has 2 bridgehead atoms. The second kappa shape index (κ2) is 3.19. The third-order valence-corrected chi connectivity index (χ3v) is 5.73. The summed E-state index contributed by atoms with van der Waals surface area (Å²) in [5.74, 6) is 1.59. The van der Waals surface area contributed by atoms with Crippen molar-refractivity contribution >= 4 is 5.71 Å². The number of rotatable bonds is 1. The van der Waals surface area contributed by atoms with Gasteiger partial charge in [-0.2, -0.15) is 0 Å².